The maximum absolute atomic E-state index is 10.8. The first-order valence-corrected chi connectivity index (χ1v) is 6.42. The Labute approximate surface area is 109 Å². The zero-order valence-corrected chi connectivity index (χ0v) is 10.4. The Morgan fingerprint density at radius 2 is 2.06 bits per heavy atom. The molecule has 0 aliphatic rings. The second-order valence-electron chi connectivity index (χ2n) is 3.93. The second-order valence-corrected chi connectivity index (χ2v) is 4.79. The average molecular weight is 263 g/mol. The van der Waals surface area contributed by atoms with Crippen LogP contribution < -0.4 is 0 Å². The summed E-state index contributed by atoms with van der Waals surface area (Å²) >= 11 is 1.48. The first kappa shape index (κ1) is 12.7. The zero-order valence-electron chi connectivity index (χ0n) is 9.61. The van der Waals surface area contributed by atoms with Crippen LogP contribution in [0.15, 0.2) is 35.7 Å². The maximum atomic E-state index is 10.8. The van der Waals surface area contributed by atoms with E-state index in [1.54, 1.807) is 0 Å². The second kappa shape index (κ2) is 5.75. The van der Waals surface area contributed by atoms with E-state index in [0.717, 1.165) is 10.6 Å². The molecular weight excluding hydrogens is 250 g/mol. The number of hydrogen-bond donors (Lipinski definition) is 2. The Morgan fingerprint density at radius 1 is 1.33 bits per heavy atom. The molecule has 1 aromatic heterocycles. The molecule has 1 heterocycles. The van der Waals surface area contributed by atoms with Crippen molar-refractivity contribution in [3.05, 3.63) is 41.4 Å². The van der Waals surface area contributed by atoms with Crippen molar-refractivity contribution in [2.24, 2.45) is 5.92 Å². The Balaban J connectivity index is 2.14. The lowest BCUT2D eigenvalue weighted by molar-refractivity contribution is -0.143. The topological polar surface area (TPSA) is 70.4 Å². The molecule has 1 atom stereocenters. The van der Waals surface area contributed by atoms with Gasteiger partial charge in [-0.1, -0.05) is 30.3 Å². The van der Waals surface area contributed by atoms with Crippen molar-refractivity contribution >= 4 is 17.3 Å². The van der Waals surface area contributed by atoms with Crippen LogP contribution in [0.25, 0.3) is 10.6 Å². The van der Waals surface area contributed by atoms with E-state index in [2.05, 4.69) is 4.98 Å². The number of benzene rings is 1. The number of aromatic nitrogens is 1. The molecule has 18 heavy (non-hydrogen) atoms. The molecule has 1 aromatic carbocycles. The van der Waals surface area contributed by atoms with Gasteiger partial charge in [0.05, 0.1) is 18.2 Å². The molecule has 2 N–H and O–H groups in total. The van der Waals surface area contributed by atoms with E-state index in [-0.39, 0.29) is 13.0 Å². The van der Waals surface area contributed by atoms with Gasteiger partial charge >= 0.3 is 5.97 Å². The van der Waals surface area contributed by atoms with Gasteiger partial charge in [-0.05, 0) is 0 Å². The number of carbonyl (C=O) groups is 1. The highest BCUT2D eigenvalue weighted by molar-refractivity contribution is 7.13. The lowest BCUT2D eigenvalue weighted by Gasteiger charge is -2.05. The van der Waals surface area contributed by atoms with Crippen molar-refractivity contribution in [3.63, 3.8) is 0 Å². The zero-order chi connectivity index (χ0) is 13.0. The van der Waals surface area contributed by atoms with Gasteiger partial charge in [0.25, 0.3) is 0 Å². The number of carboxylic acids is 1. The van der Waals surface area contributed by atoms with Crippen LogP contribution in [0.5, 0.6) is 0 Å². The highest BCUT2D eigenvalue weighted by Crippen LogP contribution is 2.24. The van der Waals surface area contributed by atoms with Crippen molar-refractivity contribution in [3.8, 4) is 10.6 Å². The maximum Gasteiger partial charge on any atom is 0.309 e. The summed E-state index contributed by atoms with van der Waals surface area (Å²) < 4.78 is 0. The summed E-state index contributed by atoms with van der Waals surface area (Å²) in [4.78, 5) is 15.2. The smallest absolute Gasteiger partial charge is 0.309 e. The van der Waals surface area contributed by atoms with E-state index < -0.39 is 11.9 Å². The molecule has 0 amide bonds. The van der Waals surface area contributed by atoms with E-state index in [1.807, 2.05) is 35.7 Å². The summed E-state index contributed by atoms with van der Waals surface area (Å²) in [6, 6.07) is 9.73. The third-order valence-corrected chi connectivity index (χ3v) is 3.54. The van der Waals surface area contributed by atoms with Gasteiger partial charge in [0, 0.05) is 17.4 Å². The number of carboxylic acid groups (broad SMARTS) is 1. The van der Waals surface area contributed by atoms with Crippen LogP contribution in [0.2, 0.25) is 0 Å². The normalized spacial score (nSPS) is 12.3. The number of thiazole rings is 1. The highest BCUT2D eigenvalue weighted by atomic mass is 32.1. The molecule has 1 unspecified atom stereocenters. The summed E-state index contributed by atoms with van der Waals surface area (Å²) in [5, 5.41) is 20.6. The number of aliphatic hydroxyl groups is 1. The van der Waals surface area contributed by atoms with E-state index in [9.17, 15) is 4.79 Å². The SMILES string of the molecule is O=C(O)C(CO)Cc1csc(-c2ccccc2)n1. The first-order valence-electron chi connectivity index (χ1n) is 5.54. The number of aliphatic hydroxyl groups excluding tert-OH is 1. The molecule has 0 saturated heterocycles. The van der Waals surface area contributed by atoms with E-state index in [1.165, 1.54) is 11.3 Å². The van der Waals surface area contributed by atoms with Crippen LogP contribution in [-0.4, -0.2) is 27.8 Å². The number of nitrogens with zero attached hydrogens (tertiary/aromatic N) is 1. The van der Waals surface area contributed by atoms with Gasteiger partial charge < -0.3 is 10.2 Å². The van der Waals surface area contributed by atoms with Gasteiger partial charge in [0.2, 0.25) is 0 Å². The van der Waals surface area contributed by atoms with Crippen molar-refractivity contribution in [1.82, 2.24) is 4.98 Å². The summed E-state index contributed by atoms with van der Waals surface area (Å²) in [6.07, 6.45) is 0.259. The Bertz CT molecular complexity index is 524. The van der Waals surface area contributed by atoms with E-state index >= 15 is 0 Å². The number of hydrogen-bond acceptors (Lipinski definition) is 4. The monoisotopic (exact) mass is 263 g/mol. The fourth-order valence-corrected chi connectivity index (χ4v) is 2.44. The highest BCUT2D eigenvalue weighted by Gasteiger charge is 2.18. The molecule has 0 aliphatic carbocycles. The summed E-state index contributed by atoms with van der Waals surface area (Å²) in [6.45, 7) is -0.368. The van der Waals surface area contributed by atoms with Gasteiger partial charge in [0.1, 0.15) is 5.01 Å². The molecule has 2 rings (SSSR count). The van der Waals surface area contributed by atoms with Crippen LogP contribution >= 0.6 is 11.3 Å². The number of rotatable bonds is 5. The lowest BCUT2D eigenvalue weighted by atomic mass is 10.1. The van der Waals surface area contributed by atoms with Crippen LogP contribution in [0, 0.1) is 5.92 Å². The summed E-state index contributed by atoms with van der Waals surface area (Å²) in [5.74, 6) is -1.78. The van der Waals surface area contributed by atoms with E-state index in [0.29, 0.717) is 5.69 Å². The van der Waals surface area contributed by atoms with Gasteiger partial charge in [-0.15, -0.1) is 11.3 Å². The standard InChI is InChI=1S/C13H13NO3S/c15-7-10(13(16)17)6-11-8-18-12(14-11)9-4-2-1-3-5-9/h1-5,8,10,15H,6-7H2,(H,16,17). The van der Waals surface area contributed by atoms with Gasteiger partial charge in [-0.25, -0.2) is 4.98 Å². The Morgan fingerprint density at radius 3 is 2.67 bits per heavy atom. The van der Waals surface area contributed by atoms with Gasteiger partial charge in [-0.2, -0.15) is 0 Å². The molecule has 5 heteroatoms. The Hall–Kier alpha value is -1.72. The minimum atomic E-state index is -0.994. The van der Waals surface area contributed by atoms with Crippen molar-refractivity contribution < 1.29 is 15.0 Å². The lowest BCUT2D eigenvalue weighted by Crippen LogP contribution is -2.20. The quantitative estimate of drug-likeness (QED) is 0.866. The molecule has 0 saturated carbocycles. The summed E-state index contributed by atoms with van der Waals surface area (Å²) in [7, 11) is 0. The predicted molar refractivity (Wildman–Crippen MR) is 69.5 cm³/mol. The van der Waals surface area contributed by atoms with Gasteiger partial charge in [0.15, 0.2) is 0 Å². The van der Waals surface area contributed by atoms with Crippen LogP contribution in [0.1, 0.15) is 5.69 Å². The van der Waals surface area contributed by atoms with Crippen LogP contribution in [0.3, 0.4) is 0 Å². The molecule has 0 aliphatic heterocycles. The predicted octanol–water partition coefficient (Wildman–Crippen LogP) is 2.05. The molecule has 0 bridgehead atoms. The molecular formula is C13H13NO3S. The molecule has 0 spiro atoms. The first-order chi connectivity index (χ1) is 8.70. The third kappa shape index (κ3) is 2.94. The van der Waals surface area contributed by atoms with Gasteiger partial charge in [-0.3, -0.25) is 4.79 Å². The fraction of sp³-hybridized carbons (Fsp3) is 0.231. The minimum Gasteiger partial charge on any atom is -0.481 e. The molecule has 94 valence electrons. The average Bonchev–Trinajstić information content (AvgIpc) is 2.85. The summed E-state index contributed by atoms with van der Waals surface area (Å²) in [5.41, 5.74) is 1.73. The van der Waals surface area contributed by atoms with Crippen LogP contribution in [-0.2, 0) is 11.2 Å². The van der Waals surface area contributed by atoms with Crippen molar-refractivity contribution in [2.75, 3.05) is 6.61 Å². The minimum absolute atomic E-state index is 0.259. The fourth-order valence-electron chi connectivity index (χ4n) is 1.60. The number of aliphatic carboxylic acids is 1. The molecule has 0 fully saturated rings. The van der Waals surface area contributed by atoms with E-state index in [4.69, 9.17) is 10.2 Å². The Kier molecular flexibility index (Phi) is 4.07. The van der Waals surface area contributed by atoms with Crippen LogP contribution in [0.4, 0.5) is 0 Å². The van der Waals surface area contributed by atoms with Crippen molar-refractivity contribution in [2.45, 2.75) is 6.42 Å². The molecule has 0 radical (unpaired) electrons. The largest absolute Gasteiger partial charge is 0.481 e. The molecule has 2 aromatic rings. The molecule has 4 nitrogen and oxygen atoms in total. The van der Waals surface area contributed by atoms with Crippen molar-refractivity contribution in [1.29, 1.82) is 0 Å². The third-order valence-electron chi connectivity index (χ3n) is 2.60.